The fraction of sp³-hybridized carbons (Fsp3) is 0.250. The van der Waals surface area contributed by atoms with Gasteiger partial charge < -0.3 is 5.11 Å². The minimum Gasteiger partial charge on any atom is -0.480 e. The molecule has 0 spiro atoms. The monoisotopic (exact) mass is 229 g/mol. The standard InChI is InChI=1S/C8H8BrNO2/c9-7(8(11)12)5-6-1-3-10-4-2-6/h1-4,7H,5H2,(H,11,12)/t7-/m1/s1. The number of hydrogen-bond acceptors (Lipinski definition) is 2. The van der Waals surface area contributed by atoms with Gasteiger partial charge in [-0.1, -0.05) is 15.9 Å². The molecule has 12 heavy (non-hydrogen) atoms. The fourth-order valence-electron chi connectivity index (χ4n) is 0.813. The number of hydrogen-bond donors (Lipinski definition) is 1. The summed E-state index contributed by atoms with van der Waals surface area (Å²) in [6.45, 7) is 0. The Bertz CT molecular complexity index is 263. The van der Waals surface area contributed by atoms with Gasteiger partial charge in [0, 0.05) is 12.4 Å². The second-order valence-electron chi connectivity index (χ2n) is 2.37. The van der Waals surface area contributed by atoms with E-state index in [1.54, 1.807) is 24.5 Å². The van der Waals surface area contributed by atoms with Crippen LogP contribution >= 0.6 is 15.9 Å². The summed E-state index contributed by atoms with van der Waals surface area (Å²) in [5, 5.41) is 8.58. The van der Waals surface area contributed by atoms with Gasteiger partial charge in [-0.2, -0.15) is 0 Å². The van der Waals surface area contributed by atoms with E-state index in [4.69, 9.17) is 5.11 Å². The maximum atomic E-state index is 10.4. The molecule has 4 heteroatoms. The molecule has 3 nitrogen and oxygen atoms in total. The van der Waals surface area contributed by atoms with Crippen LogP contribution in [-0.2, 0) is 11.2 Å². The van der Waals surface area contributed by atoms with Gasteiger partial charge in [-0.25, -0.2) is 0 Å². The molecule has 1 aromatic heterocycles. The average molecular weight is 230 g/mol. The number of halogens is 1. The predicted molar refractivity (Wildman–Crippen MR) is 48.3 cm³/mol. The van der Waals surface area contributed by atoms with Gasteiger partial charge in [-0.15, -0.1) is 0 Å². The largest absolute Gasteiger partial charge is 0.480 e. The Kier molecular flexibility index (Phi) is 3.22. The Balaban J connectivity index is 2.58. The highest BCUT2D eigenvalue weighted by atomic mass is 79.9. The van der Waals surface area contributed by atoms with Crippen molar-refractivity contribution in [3.8, 4) is 0 Å². The molecule has 0 amide bonds. The highest BCUT2D eigenvalue weighted by molar-refractivity contribution is 9.10. The topological polar surface area (TPSA) is 50.2 Å². The molecule has 1 heterocycles. The van der Waals surface area contributed by atoms with Crippen molar-refractivity contribution >= 4 is 21.9 Å². The minimum absolute atomic E-state index is 0.484. The Morgan fingerprint density at radius 2 is 2.17 bits per heavy atom. The Hall–Kier alpha value is -0.900. The molecule has 1 aromatic rings. The lowest BCUT2D eigenvalue weighted by atomic mass is 10.1. The summed E-state index contributed by atoms with van der Waals surface area (Å²) in [5.41, 5.74) is 0.967. The van der Waals surface area contributed by atoms with E-state index in [9.17, 15) is 4.79 Å². The van der Waals surface area contributed by atoms with E-state index in [-0.39, 0.29) is 0 Å². The molecule has 0 radical (unpaired) electrons. The van der Waals surface area contributed by atoms with E-state index in [2.05, 4.69) is 20.9 Å². The zero-order valence-corrected chi connectivity index (χ0v) is 7.86. The van der Waals surface area contributed by atoms with Crippen LogP contribution in [0.1, 0.15) is 5.56 Å². The number of pyridine rings is 1. The lowest BCUT2D eigenvalue weighted by Gasteiger charge is -2.02. The van der Waals surface area contributed by atoms with Crippen molar-refractivity contribution in [2.45, 2.75) is 11.2 Å². The number of aromatic nitrogens is 1. The summed E-state index contributed by atoms with van der Waals surface area (Å²) in [7, 11) is 0. The van der Waals surface area contributed by atoms with Crippen LogP contribution < -0.4 is 0 Å². The highest BCUT2D eigenvalue weighted by Gasteiger charge is 2.12. The number of carboxylic acid groups (broad SMARTS) is 1. The summed E-state index contributed by atoms with van der Waals surface area (Å²) in [4.78, 5) is 13.8. The van der Waals surface area contributed by atoms with Gasteiger partial charge in [0.2, 0.25) is 0 Å². The fourth-order valence-corrected chi connectivity index (χ4v) is 1.19. The van der Waals surface area contributed by atoms with Crippen molar-refractivity contribution < 1.29 is 9.90 Å². The molecule has 0 aliphatic heterocycles. The number of aliphatic carboxylic acids is 1. The second-order valence-corrected chi connectivity index (χ2v) is 3.47. The number of alkyl halides is 1. The van der Waals surface area contributed by atoms with Crippen LogP contribution in [0.4, 0.5) is 0 Å². The molecule has 0 aromatic carbocycles. The summed E-state index contributed by atoms with van der Waals surface area (Å²) in [5.74, 6) is -0.841. The third kappa shape index (κ3) is 2.62. The van der Waals surface area contributed by atoms with E-state index in [0.29, 0.717) is 6.42 Å². The first-order valence-electron chi connectivity index (χ1n) is 3.46. The third-order valence-corrected chi connectivity index (χ3v) is 2.15. The zero-order chi connectivity index (χ0) is 8.97. The van der Waals surface area contributed by atoms with Crippen LogP contribution in [0.3, 0.4) is 0 Å². The maximum absolute atomic E-state index is 10.4. The molecule has 0 saturated heterocycles. The molecule has 0 fully saturated rings. The van der Waals surface area contributed by atoms with E-state index in [1.165, 1.54) is 0 Å². The lowest BCUT2D eigenvalue weighted by molar-refractivity contribution is -0.136. The van der Waals surface area contributed by atoms with Crippen molar-refractivity contribution in [1.29, 1.82) is 0 Å². The molecule has 0 aliphatic carbocycles. The van der Waals surface area contributed by atoms with Gasteiger partial charge in [0.05, 0.1) is 0 Å². The Morgan fingerprint density at radius 1 is 1.58 bits per heavy atom. The summed E-state index contributed by atoms with van der Waals surface area (Å²) < 4.78 is 0. The molecular formula is C8H8BrNO2. The first kappa shape index (κ1) is 9.19. The van der Waals surface area contributed by atoms with Gasteiger partial charge >= 0.3 is 5.97 Å². The van der Waals surface area contributed by atoms with Crippen molar-refractivity contribution in [3.05, 3.63) is 30.1 Å². The zero-order valence-electron chi connectivity index (χ0n) is 6.27. The summed E-state index contributed by atoms with van der Waals surface area (Å²) in [6.07, 6.45) is 3.78. The third-order valence-electron chi connectivity index (χ3n) is 1.43. The quantitative estimate of drug-likeness (QED) is 0.800. The van der Waals surface area contributed by atoms with Crippen molar-refractivity contribution in [2.75, 3.05) is 0 Å². The van der Waals surface area contributed by atoms with Crippen molar-refractivity contribution in [2.24, 2.45) is 0 Å². The normalized spacial score (nSPS) is 12.4. The van der Waals surface area contributed by atoms with Gasteiger partial charge in [-0.3, -0.25) is 9.78 Å². The number of carboxylic acids is 1. The van der Waals surface area contributed by atoms with E-state index < -0.39 is 10.8 Å². The first-order chi connectivity index (χ1) is 5.70. The molecule has 0 unspecified atom stereocenters. The van der Waals surface area contributed by atoms with Crippen molar-refractivity contribution in [3.63, 3.8) is 0 Å². The molecule has 1 rings (SSSR count). The van der Waals surface area contributed by atoms with Crippen molar-refractivity contribution in [1.82, 2.24) is 4.98 Å². The van der Waals surface area contributed by atoms with Crippen LogP contribution in [0.5, 0.6) is 0 Å². The van der Waals surface area contributed by atoms with E-state index in [0.717, 1.165) is 5.56 Å². The highest BCUT2D eigenvalue weighted by Crippen LogP contribution is 2.08. The Labute approximate surface area is 78.6 Å². The van der Waals surface area contributed by atoms with Crippen LogP contribution in [0, 0.1) is 0 Å². The van der Waals surface area contributed by atoms with Gasteiger partial charge in [0.1, 0.15) is 4.83 Å². The summed E-state index contributed by atoms with van der Waals surface area (Å²) in [6, 6.07) is 3.61. The smallest absolute Gasteiger partial charge is 0.317 e. The molecular weight excluding hydrogens is 222 g/mol. The van der Waals surface area contributed by atoms with E-state index in [1.807, 2.05) is 0 Å². The number of rotatable bonds is 3. The molecule has 0 saturated carbocycles. The molecule has 0 bridgehead atoms. The number of carbonyl (C=O) groups is 1. The molecule has 1 atom stereocenters. The SMILES string of the molecule is O=C(O)[C@H](Br)Cc1ccncc1. The van der Waals surface area contributed by atoms with Gasteiger partial charge in [0.15, 0.2) is 0 Å². The summed E-state index contributed by atoms with van der Waals surface area (Å²) >= 11 is 3.06. The van der Waals surface area contributed by atoms with E-state index >= 15 is 0 Å². The molecule has 1 N–H and O–H groups in total. The average Bonchev–Trinajstić information content (AvgIpc) is 2.06. The van der Waals surface area contributed by atoms with Crippen LogP contribution in [0.15, 0.2) is 24.5 Å². The maximum Gasteiger partial charge on any atom is 0.317 e. The van der Waals surface area contributed by atoms with Crippen LogP contribution in [-0.4, -0.2) is 20.9 Å². The Morgan fingerprint density at radius 3 is 2.67 bits per heavy atom. The van der Waals surface area contributed by atoms with Crippen LogP contribution in [0.25, 0.3) is 0 Å². The lowest BCUT2D eigenvalue weighted by Crippen LogP contribution is -2.15. The predicted octanol–water partition coefficient (Wildman–Crippen LogP) is 1.47. The minimum atomic E-state index is -0.841. The van der Waals surface area contributed by atoms with Gasteiger partial charge in [-0.05, 0) is 24.1 Å². The molecule has 64 valence electrons. The van der Waals surface area contributed by atoms with Gasteiger partial charge in [0.25, 0.3) is 0 Å². The number of nitrogens with zero attached hydrogens (tertiary/aromatic N) is 1. The van der Waals surface area contributed by atoms with Crippen LogP contribution in [0.2, 0.25) is 0 Å². The molecule has 0 aliphatic rings. The first-order valence-corrected chi connectivity index (χ1v) is 4.37. The second kappa shape index (κ2) is 4.21.